The lowest BCUT2D eigenvalue weighted by Gasteiger charge is -2.03. The second kappa shape index (κ2) is 6.86. The van der Waals surface area contributed by atoms with Crippen molar-refractivity contribution in [2.45, 2.75) is 0 Å². The van der Waals surface area contributed by atoms with E-state index in [1.54, 1.807) is 12.1 Å². The predicted octanol–water partition coefficient (Wildman–Crippen LogP) is 0.513. The molecule has 2 aromatic rings. The first kappa shape index (κ1) is 16.4. The molecule has 0 heterocycles. The van der Waals surface area contributed by atoms with Crippen LogP contribution in [-0.4, -0.2) is 45.5 Å². The molecule has 0 fully saturated rings. The fourth-order valence-electron chi connectivity index (χ4n) is 1.85. The van der Waals surface area contributed by atoms with Crippen molar-refractivity contribution >= 4 is 36.4 Å². The molecule has 7 nitrogen and oxygen atoms in total. The lowest BCUT2D eigenvalue weighted by Crippen LogP contribution is -2.29. The molecule has 0 aliphatic carbocycles. The highest BCUT2D eigenvalue weighted by Crippen LogP contribution is 2.21. The molecule has 2 rings (SSSR count). The van der Waals surface area contributed by atoms with Crippen LogP contribution < -0.4 is 5.46 Å². The number of carboxylic acids is 2. The third kappa shape index (κ3) is 4.03. The number of hydrogen-bond donors (Lipinski definition) is 4. The number of benzene rings is 2. The minimum absolute atomic E-state index is 0.0173. The van der Waals surface area contributed by atoms with Gasteiger partial charge in [-0.05, 0) is 29.2 Å². The number of carboxylic acid groups (broad SMARTS) is 2. The maximum atomic E-state index is 11.2. The zero-order chi connectivity index (χ0) is 17.0. The van der Waals surface area contributed by atoms with Crippen LogP contribution in [-0.2, 0) is 0 Å². The summed E-state index contributed by atoms with van der Waals surface area (Å²) < 4.78 is 0. The standard InChI is InChI=1S/C15H12BNO6/c18-14(19)10-3-6-12(15(20)21)13(7-10)17-8-9-1-4-11(5-2-9)16(22)23/h1-8,22-23H,(H,18,19)(H,20,21). The van der Waals surface area contributed by atoms with Crippen LogP contribution in [0, 0.1) is 0 Å². The Labute approximate surface area is 131 Å². The number of rotatable bonds is 5. The summed E-state index contributed by atoms with van der Waals surface area (Å²) in [4.78, 5) is 26.1. The Bertz CT molecular complexity index is 770. The number of carbonyl (C=O) groups is 2. The number of aliphatic imine (C=N–C) groups is 1. The van der Waals surface area contributed by atoms with Crippen LogP contribution in [0.15, 0.2) is 47.5 Å². The Hall–Kier alpha value is -2.97. The minimum atomic E-state index is -1.58. The number of aromatic carboxylic acids is 2. The molecular formula is C15H12BNO6. The fourth-order valence-corrected chi connectivity index (χ4v) is 1.85. The van der Waals surface area contributed by atoms with Gasteiger partial charge in [-0.2, -0.15) is 0 Å². The quantitative estimate of drug-likeness (QED) is 0.470. The van der Waals surface area contributed by atoms with Gasteiger partial charge in [0, 0.05) is 6.21 Å². The molecule has 0 saturated carbocycles. The van der Waals surface area contributed by atoms with Crippen molar-refractivity contribution < 1.29 is 29.9 Å². The maximum absolute atomic E-state index is 11.2. The van der Waals surface area contributed by atoms with Gasteiger partial charge < -0.3 is 20.3 Å². The monoisotopic (exact) mass is 313 g/mol. The number of hydrogen-bond acceptors (Lipinski definition) is 5. The summed E-state index contributed by atoms with van der Waals surface area (Å²) >= 11 is 0. The Morgan fingerprint density at radius 3 is 2.13 bits per heavy atom. The molecule has 0 saturated heterocycles. The van der Waals surface area contributed by atoms with E-state index in [1.165, 1.54) is 36.5 Å². The number of nitrogens with zero attached hydrogens (tertiary/aromatic N) is 1. The molecule has 0 aliphatic rings. The van der Waals surface area contributed by atoms with Crippen LogP contribution in [0.1, 0.15) is 26.3 Å². The first-order valence-corrected chi connectivity index (χ1v) is 6.49. The molecule has 116 valence electrons. The van der Waals surface area contributed by atoms with Gasteiger partial charge in [-0.15, -0.1) is 0 Å². The molecule has 0 bridgehead atoms. The lowest BCUT2D eigenvalue weighted by molar-refractivity contribution is 0.0682. The van der Waals surface area contributed by atoms with Gasteiger partial charge >= 0.3 is 19.1 Å². The van der Waals surface area contributed by atoms with Crippen molar-refractivity contribution in [3.8, 4) is 0 Å². The first-order valence-electron chi connectivity index (χ1n) is 6.49. The summed E-state index contributed by atoms with van der Waals surface area (Å²) in [6.45, 7) is 0. The van der Waals surface area contributed by atoms with Crippen molar-refractivity contribution in [3.05, 3.63) is 59.2 Å². The van der Waals surface area contributed by atoms with E-state index in [-0.39, 0.29) is 16.8 Å². The largest absolute Gasteiger partial charge is 0.488 e. The zero-order valence-electron chi connectivity index (χ0n) is 11.7. The average Bonchev–Trinajstić information content (AvgIpc) is 2.52. The van der Waals surface area contributed by atoms with Crippen LogP contribution in [0.25, 0.3) is 0 Å². The molecule has 0 aromatic heterocycles. The van der Waals surface area contributed by atoms with E-state index in [1.807, 2.05) is 0 Å². The van der Waals surface area contributed by atoms with Gasteiger partial charge in [-0.25, -0.2) is 9.59 Å². The molecule has 0 atom stereocenters. The Morgan fingerprint density at radius 1 is 0.957 bits per heavy atom. The second-order valence-electron chi connectivity index (χ2n) is 4.64. The van der Waals surface area contributed by atoms with Crippen molar-refractivity contribution in [1.29, 1.82) is 0 Å². The molecule has 0 unspecified atom stereocenters. The zero-order valence-corrected chi connectivity index (χ0v) is 11.7. The van der Waals surface area contributed by atoms with E-state index in [0.29, 0.717) is 11.0 Å². The maximum Gasteiger partial charge on any atom is 0.488 e. The van der Waals surface area contributed by atoms with Gasteiger partial charge in [-0.3, -0.25) is 4.99 Å². The highest BCUT2D eigenvalue weighted by molar-refractivity contribution is 6.58. The summed E-state index contributed by atoms with van der Waals surface area (Å²) in [5.74, 6) is -2.40. The molecular weight excluding hydrogens is 301 g/mol. The molecule has 0 radical (unpaired) electrons. The van der Waals surface area contributed by atoms with Crippen molar-refractivity contribution in [2.75, 3.05) is 0 Å². The van der Waals surface area contributed by atoms with E-state index in [9.17, 15) is 9.59 Å². The Balaban J connectivity index is 2.35. The van der Waals surface area contributed by atoms with Gasteiger partial charge in [-0.1, -0.05) is 24.3 Å². The smallest absolute Gasteiger partial charge is 0.478 e. The normalized spacial score (nSPS) is 10.7. The van der Waals surface area contributed by atoms with Crippen LogP contribution >= 0.6 is 0 Å². The first-order chi connectivity index (χ1) is 10.9. The van der Waals surface area contributed by atoms with E-state index in [0.717, 1.165) is 0 Å². The third-order valence-electron chi connectivity index (χ3n) is 3.06. The van der Waals surface area contributed by atoms with Crippen LogP contribution in [0.2, 0.25) is 0 Å². The van der Waals surface area contributed by atoms with Crippen LogP contribution in [0.5, 0.6) is 0 Å². The van der Waals surface area contributed by atoms with Crippen molar-refractivity contribution in [1.82, 2.24) is 0 Å². The summed E-state index contributed by atoms with van der Waals surface area (Å²) in [6, 6.07) is 9.66. The average molecular weight is 313 g/mol. The summed E-state index contributed by atoms with van der Waals surface area (Å²) in [6.07, 6.45) is 1.36. The van der Waals surface area contributed by atoms with Gasteiger partial charge in [0.05, 0.1) is 16.8 Å². The topological polar surface area (TPSA) is 127 Å². The molecule has 0 spiro atoms. The van der Waals surface area contributed by atoms with Gasteiger partial charge in [0.15, 0.2) is 0 Å². The van der Waals surface area contributed by atoms with Gasteiger partial charge in [0.1, 0.15) is 0 Å². The molecule has 8 heteroatoms. The van der Waals surface area contributed by atoms with E-state index in [4.69, 9.17) is 20.3 Å². The van der Waals surface area contributed by atoms with Gasteiger partial charge in [0.2, 0.25) is 0 Å². The minimum Gasteiger partial charge on any atom is -0.478 e. The Morgan fingerprint density at radius 2 is 1.61 bits per heavy atom. The fraction of sp³-hybridized carbons (Fsp3) is 0. The van der Waals surface area contributed by atoms with Crippen LogP contribution in [0.3, 0.4) is 0 Å². The highest BCUT2D eigenvalue weighted by atomic mass is 16.4. The second-order valence-corrected chi connectivity index (χ2v) is 4.64. The summed E-state index contributed by atoms with van der Waals surface area (Å²) in [5.41, 5.74) is 0.728. The molecule has 2 aromatic carbocycles. The van der Waals surface area contributed by atoms with E-state index < -0.39 is 19.1 Å². The SMILES string of the molecule is O=C(O)c1ccc(C(=O)O)c(N=Cc2ccc(B(O)O)cc2)c1. The third-order valence-corrected chi connectivity index (χ3v) is 3.06. The van der Waals surface area contributed by atoms with E-state index in [2.05, 4.69) is 4.99 Å². The predicted molar refractivity (Wildman–Crippen MR) is 83.9 cm³/mol. The molecule has 0 aliphatic heterocycles. The van der Waals surface area contributed by atoms with Crippen molar-refractivity contribution in [2.24, 2.45) is 4.99 Å². The van der Waals surface area contributed by atoms with Gasteiger partial charge in [0.25, 0.3) is 0 Å². The Kier molecular flexibility index (Phi) is 4.90. The highest BCUT2D eigenvalue weighted by Gasteiger charge is 2.13. The summed E-state index contributed by atoms with van der Waals surface area (Å²) in [5, 5.41) is 36.1. The molecule has 0 amide bonds. The molecule has 23 heavy (non-hydrogen) atoms. The van der Waals surface area contributed by atoms with Crippen LogP contribution in [0.4, 0.5) is 5.69 Å². The summed E-state index contributed by atoms with van der Waals surface area (Å²) in [7, 11) is -1.58. The lowest BCUT2D eigenvalue weighted by atomic mass is 9.80. The van der Waals surface area contributed by atoms with Crippen molar-refractivity contribution in [3.63, 3.8) is 0 Å². The molecule has 4 N–H and O–H groups in total. The van der Waals surface area contributed by atoms with E-state index >= 15 is 0 Å².